The molecule has 1 heterocycles. The molecule has 2 aromatic rings. The highest BCUT2D eigenvalue weighted by molar-refractivity contribution is 5.93. The smallest absolute Gasteiger partial charge is 0.358 e. The van der Waals surface area contributed by atoms with E-state index in [1.165, 1.54) is 4.68 Å². The van der Waals surface area contributed by atoms with E-state index in [9.17, 15) is 14.7 Å². The summed E-state index contributed by atoms with van der Waals surface area (Å²) in [6.45, 7) is 2.42. The molecule has 1 N–H and O–H groups in total. The Hall–Kier alpha value is -2.70. The van der Waals surface area contributed by atoms with E-state index in [-0.39, 0.29) is 24.1 Å². The second-order valence-corrected chi connectivity index (χ2v) is 5.53. The molecule has 0 unspecified atom stereocenters. The van der Waals surface area contributed by atoms with E-state index in [2.05, 4.69) is 10.3 Å². The molecule has 1 fully saturated rings. The number of nitrogens with zero attached hydrogens (tertiary/aromatic N) is 4. The van der Waals surface area contributed by atoms with E-state index in [0.717, 1.165) is 18.5 Å². The van der Waals surface area contributed by atoms with Gasteiger partial charge in [-0.25, -0.2) is 9.48 Å². The van der Waals surface area contributed by atoms with Crippen LogP contribution in [0.15, 0.2) is 30.3 Å². The van der Waals surface area contributed by atoms with Gasteiger partial charge in [0.25, 0.3) is 0 Å². The molecule has 1 saturated carbocycles. The van der Waals surface area contributed by atoms with Crippen molar-refractivity contribution in [2.24, 2.45) is 0 Å². The van der Waals surface area contributed by atoms with Crippen LogP contribution >= 0.6 is 0 Å². The summed E-state index contributed by atoms with van der Waals surface area (Å²) in [5.74, 6) is -1.08. The number of carbonyl (C=O) groups is 2. The quantitative estimate of drug-likeness (QED) is 0.880. The molecular weight excluding hydrogens is 296 g/mol. The molecule has 7 heteroatoms. The van der Waals surface area contributed by atoms with Crippen molar-refractivity contribution in [3.8, 4) is 0 Å². The van der Waals surface area contributed by atoms with Crippen molar-refractivity contribution in [3.63, 3.8) is 0 Å². The summed E-state index contributed by atoms with van der Waals surface area (Å²) in [5.41, 5.74) is 1.34. The van der Waals surface area contributed by atoms with Crippen LogP contribution < -0.4 is 4.90 Å². The number of carboxylic acid groups (broad SMARTS) is 1. The third-order valence-electron chi connectivity index (χ3n) is 3.91. The van der Waals surface area contributed by atoms with Gasteiger partial charge >= 0.3 is 5.97 Å². The molecule has 3 rings (SSSR count). The van der Waals surface area contributed by atoms with Gasteiger partial charge in [0.05, 0.1) is 5.69 Å². The van der Waals surface area contributed by atoms with Gasteiger partial charge in [0, 0.05) is 18.2 Å². The van der Waals surface area contributed by atoms with Gasteiger partial charge in [-0.1, -0.05) is 23.4 Å². The summed E-state index contributed by atoms with van der Waals surface area (Å²) in [6.07, 6.45) is 1.83. The molecule has 7 nitrogen and oxygen atoms in total. The Morgan fingerprint density at radius 1 is 1.30 bits per heavy atom. The van der Waals surface area contributed by atoms with E-state index in [1.807, 2.05) is 37.3 Å². The Labute approximate surface area is 133 Å². The van der Waals surface area contributed by atoms with Crippen LogP contribution in [0, 0.1) is 0 Å². The van der Waals surface area contributed by atoms with Crippen molar-refractivity contribution >= 4 is 17.6 Å². The summed E-state index contributed by atoms with van der Waals surface area (Å²) < 4.78 is 1.44. The summed E-state index contributed by atoms with van der Waals surface area (Å²) in [7, 11) is 0. The Kier molecular flexibility index (Phi) is 4.10. The van der Waals surface area contributed by atoms with Gasteiger partial charge in [-0.3, -0.25) is 4.79 Å². The summed E-state index contributed by atoms with van der Waals surface area (Å²) in [6, 6.07) is 9.38. The third-order valence-corrected chi connectivity index (χ3v) is 3.91. The molecule has 1 aliphatic carbocycles. The van der Waals surface area contributed by atoms with Crippen LogP contribution in [0.5, 0.6) is 0 Å². The molecule has 1 aliphatic rings. The molecule has 0 saturated heterocycles. The van der Waals surface area contributed by atoms with Crippen LogP contribution in [-0.4, -0.2) is 38.5 Å². The normalized spacial score (nSPS) is 13.8. The van der Waals surface area contributed by atoms with Gasteiger partial charge in [0.15, 0.2) is 5.69 Å². The molecule has 0 bridgehead atoms. The lowest BCUT2D eigenvalue weighted by Crippen LogP contribution is -2.34. The minimum absolute atomic E-state index is 0.00511. The fourth-order valence-electron chi connectivity index (χ4n) is 2.67. The Morgan fingerprint density at radius 2 is 2.00 bits per heavy atom. The number of aromatic nitrogens is 3. The molecule has 0 radical (unpaired) electrons. The average Bonchev–Trinajstić information content (AvgIpc) is 3.29. The summed E-state index contributed by atoms with van der Waals surface area (Å²) >= 11 is 0. The second kappa shape index (κ2) is 6.20. The molecule has 1 aromatic heterocycles. The van der Waals surface area contributed by atoms with Crippen LogP contribution in [0.1, 0.15) is 41.9 Å². The zero-order chi connectivity index (χ0) is 16.4. The minimum atomic E-state index is -1.10. The molecule has 0 spiro atoms. The van der Waals surface area contributed by atoms with E-state index >= 15 is 0 Å². The largest absolute Gasteiger partial charge is 0.476 e. The number of para-hydroxylation sites is 1. The standard InChI is InChI=1S/C16H18N4O3/c1-2-19(12-6-4-3-5-7-12)13(21)10-20-15(11-8-9-11)14(16(22)23)17-18-20/h3-7,11H,2,8-10H2,1H3,(H,22,23). The SMILES string of the molecule is CCN(C(=O)Cn1nnc(C(=O)O)c1C1CC1)c1ccccc1. The first-order chi connectivity index (χ1) is 11.1. The fourth-order valence-corrected chi connectivity index (χ4v) is 2.67. The van der Waals surface area contributed by atoms with Gasteiger partial charge in [0.2, 0.25) is 5.91 Å². The first-order valence-electron chi connectivity index (χ1n) is 7.64. The van der Waals surface area contributed by atoms with Gasteiger partial charge < -0.3 is 10.0 Å². The lowest BCUT2D eigenvalue weighted by atomic mass is 10.2. The number of aromatic carboxylic acids is 1. The number of amides is 1. The predicted octanol–water partition coefficient (Wildman–Crippen LogP) is 1.91. The Morgan fingerprint density at radius 3 is 2.57 bits per heavy atom. The second-order valence-electron chi connectivity index (χ2n) is 5.53. The van der Waals surface area contributed by atoms with Gasteiger partial charge in [-0.2, -0.15) is 0 Å². The van der Waals surface area contributed by atoms with Crippen molar-refractivity contribution in [2.75, 3.05) is 11.4 Å². The van der Waals surface area contributed by atoms with Crippen molar-refractivity contribution < 1.29 is 14.7 Å². The van der Waals surface area contributed by atoms with E-state index < -0.39 is 5.97 Å². The topological polar surface area (TPSA) is 88.3 Å². The van der Waals surface area contributed by atoms with Crippen molar-refractivity contribution in [2.45, 2.75) is 32.2 Å². The zero-order valence-electron chi connectivity index (χ0n) is 12.8. The minimum Gasteiger partial charge on any atom is -0.476 e. The fraction of sp³-hybridized carbons (Fsp3) is 0.375. The Balaban J connectivity index is 1.84. The van der Waals surface area contributed by atoms with Crippen LogP contribution in [0.3, 0.4) is 0 Å². The number of rotatable bonds is 6. The highest BCUT2D eigenvalue weighted by atomic mass is 16.4. The van der Waals surface area contributed by atoms with Crippen molar-refractivity contribution in [1.82, 2.24) is 15.0 Å². The van der Waals surface area contributed by atoms with Crippen LogP contribution in [-0.2, 0) is 11.3 Å². The first-order valence-corrected chi connectivity index (χ1v) is 7.64. The number of hydrogen-bond acceptors (Lipinski definition) is 4. The zero-order valence-corrected chi connectivity index (χ0v) is 12.8. The number of carboxylic acids is 1. The number of anilines is 1. The van der Waals surface area contributed by atoms with E-state index in [1.54, 1.807) is 4.90 Å². The first kappa shape index (κ1) is 15.2. The number of benzene rings is 1. The Bertz CT molecular complexity index is 722. The maximum atomic E-state index is 12.6. The molecule has 0 aliphatic heterocycles. The molecular formula is C16H18N4O3. The molecule has 0 atom stereocenters. The third kappa shape index (κ3) is 3.08. The van der Waals surface area contributed by atoms with E-state index in [0.29, 0.717) is 12.2 Å². The number of likely N-dealkylation sites (N-methyl/N-ethyl adjacent to an activating group) is 1. The van der Waals surface area contributed by atoms with E-state index in [4.69, 9.17) is 0 Å². The number of hydrogen-bond donors (Lipinski definition) is 1. The van der Waals surface area contributed by atoms with Crippen LogP contribution in [0.2, 0.25) is 0 Å². The summed E-state index contributed by atoms with van der Waals surface area (Å²) in [5, 5.41) is 16.8. The lowest BCUT2D eigenvalue weighted by Gasteiger charge is -2.21. The van der Waals surface area contributed by atoms with Gasteiger partial charge in [-0.15, -0.1) is 5.10 Å². The molecule has 1 aromatic carbocycles. The van der Waals surface area contributed by atoms with Gasteiger partial charge in [0.1, 0.15) is 6.54 Å². The van der Waals surface area contributed by atoms with Crippen LogP contribution in [0.25, 0.3) is 0 Å². The highest BCUT2D eigenvalue weighted by Gasteiger charge is 2.34. The molecule has 1 amide bonds. The maximum Gasteiger partial charge on any atom is 0.358 e. The van der Waals surface area contributed by atoms with Crippen molar-refractivity contribution in [3.05, 3.63) is 41.7 Å². The predicted molar refractivity (Wildman–Crippen MR) is 83.4 cm³/mol. The maximum absolute atomic E-state index is 12.6. The molecule has 120 valence electrons. The van der Waals surface area contributed by atoms with Gasteiger partial charge in [-0.05, 0) is 31.9 Å². The monoisotopic (exact) mass is 314 g/mol. The van der Waals surface area contributed by atoms with Crippen molar-refractivity contribution in [1.29, 1.82) is 0 Å². The molecule has 23 heavy (non-hydrogen) atoms. The average molecular weight is 314 g/mol. The lowest BCUT2D eigenvalue weighted by molar-refractivity contribution is -0.119. The highest BCUT2D eigenvalue weighted by Crippen LogP contribution is 2.41. The number of carbonyl (C=O) groups excluding carboxylic acids is 1. The summed E-state index contributed by atoms with van der Waals surface area (Å²) in [4.78, 5) is 25.5. The van der Waals surface area contributed by atoms with Crippen LogP contribution in [0.4, 0.5) is 5.69 Å².